The number of rotatable bonds is 7. The third-order valence-electron chi connectivity index (χ3n) is 4.18. The number of ether oxygens (including phenoxy) is 2. The first-order valence-electron chi connectivity index (χ1n) is 8.61. The number of nitrogens with one attached hydrogen (secondary N) is 1. The average Bonchev–Trinajstić information content (AvgIpc) is 2.65. The first-order valence-corrected chi connectivity index (χ1v) is 9.15. The van der Waals surface area contributed by atoms with Gasteiger partial charge < -0.3 is 19.7 Å². The van der Waals surface area contributed by atoms with Crippen molar-refractivity contribution in [3.8, 4) is 5.75 Å². The Bertz CT molecular complexity index is 574. The topological polar surface area (TPSA) is 67.9 Å². The van der Waals surface area contributed by atoms with E-state index in [1.807, 2.05) is 24.3 Å². The number of nitrogens with zero attached hydrogens (tertiary/aromatic N) is 1. The van der Waals surface area contributed by atoms with Crippen LogP contribution in [-0.4, -0.2) is 55.1 Å². The van der Waals surface area contributed by atoms with Crippen molar-refractivity contribution in [3.05, 3.63) is 29.8 Å². The molecule has 0 saturated carbocycles. The summed E-state index contributed by atoms with van der Waals surface area (Å²) in [5.41, 5.74) is 1.09. The third-order valence-corrected chi connectivity index (χ3v) is 4.34. The molecule has 0 spiro atoms. The van der Waals surface area contributed by atoms with Crippen molar-refractivity contribution in [1.29, 1.82) is 0 Å². The fourth-order valence-electron chi connectivity index (χ4n) is 2.78. The van der Waals surface area contributed by atoms with E-state index in [0.29, 0.717) is 25.9 Å². The molecule has 1 heterocycles. The number of amides is 2. The molecular formula is C18H25ClN2O4. The van der Waals surface area contributed by atoms with E-state index >= 15 is 0 Å². The Hall–Kier alpha value is -1.95. The van der Waals surface area contributed by atoms with Crippen LogP contribution in [0.1, 0.15) is 25.3 Å². The largest absolute Gasteiger partial charge is 0.483 e. The molecule has 1 aromatic rings. The Morgan fingerprint density at radius 2 is 2.00 bits per heavy atom. The maximum absolute atomic E-state index is 12.3. The standard InChI is InChI=1S/C18H25ClN2O4/c1-2-14-5-3-4-6-16(14)25-13-17(22)21-10-7-15(8-11-21)20-18(23)24-12-9-19/h3-6,15H,2,7-13H2,1H3,(H,20,23). The molecule has 1 aromatic carbocycles. The summed E-state index contributed by atoms with van der Waals surface area (Å²) in [7, 11) is 0. The second-order valence-electron chi connectivity index (χ2n) is 5.87. The van der Waals surface area contributed by atoms with Crippen molar-refractivity contribution in [3.63, 3.8) is 0 Å². The van der Waals surface area contributed by atoms with Crippen molar-refractivity contribution in [2.45, 2.75) is 32.2 Å². The van der Waals surface area contributed by atoms with Crippen LogP contribution < -0.4 is 10.1 Å². The summed E-state index contributed by atoms with van der Waals surface area (Å²) >= 11 is 5.47. The van der Waals surface area contributed by atoms with Crippen LogP contribution in [0.15, 0.2) is 24.3 Å². The normalized spacial score (nSPS) is 14.9. The van der Waals surface area contributed by atoms with Gasteiger partial charge in [0.1, 0.15) is 12.4 Å². The molecule has 2 amide bonds. The summed E-state index contributed by atoms with van der Waals surface area (Å²) < 4.78 is 10.6. The Balaban J connectivity index is 1.73. The minimum absolute atomic E-state index is 0.0219. The number of para-hydroxylation sites is 1. The zero-order chi connectivity index (χ0) is 18.1. The number of aryl methyl sites for hydroxylation is 1. The molecule has 138 valence electrons. The van der Waals surface area contributed by atoms with Gasteiger partial charge in [-0.3, -0.25) is 4.79 Å². The Labute approximate surface area is 153 Å². The van der Waals surface area contributed by atoms with Crippen LogP contribution in [0.3, 0.4) is 0 Å². The molecule has 2 rings (SSSR count). The van der Waals surface area contributed by atoms with Crippen LogP contribution >= 0.6 is 11.6 Å². The quantitative estimate of drug-likeness (QED) is 0.751. The van der Waals surface area contributed by atoms with Crippen LogP contribution in [0.5, 0.6) is 5.75 Å². The van der Waals surface area contributed by atoms with Crippen molar-refractivity contribution in [1.82, 2.24) is 10.2 Å². The number of carbonyl (C=O) groups is 2. The number of likely N-dealkylation sites (tertiary alicyclic amines) is 1. The van der Waals surface area contributed by atoms with Gasteiger partial charge >= 0.3 is 6.09 Å². The van der Waals surface area contributed by atoms with Gasteiger partial charge in [-0.15, -0.1) is 11.6 Å². The minimum atomic E-state index is -0.454. The Kier molecular flexibility index (Phi) is 7.85. The van der Waals surface area contributed by atoms with Gasteiger partial charge in [-0.2, -0.15) is 0 Å². The van der Waals surface area contributed by atoms with E-state index in [0.717, 1.165) is 17.7 Å². The van der Waals surface area contributed by atoms with Gasteiger partial charge in [0.15, 0.2) is 6.61 Å². The van der Waals surface area contributed by atoms with Crippen LogP contribution in [0, 0.1) is 0 Å². The molecule has 1 N–H and O–H groups in total. The lowest BCUT2D eigenvalue weighted by atomic mass is 10.1. The number of carbonyl (C=O) groups excluding carboxylic acids is 2. The molecule has 0 aliphatic carbocycles. The van der Waals surface area contributed by atoms with Crippen LogP contribution in [0.2, 0.25) is 0 Å². The summed E-state index contributed by atoms with van der Waals surface area (Å²) in [6, 6.07) is 7.77. The molecule has 0 aromatic heterocycles. The van der Waals surface area contributed by atoms with Gasteiger partial charge in [0, 0.05) is 19.1 Å². The van der Waals surface area contributed by atoms with Gasteiger partial charge in [-0.1, -0.05) is 25.1 Å². The molecule has 1 fully saturated rings. The molecule has 0 atom stereocenters. The van der Waals surface area contributed by atoms with Gasteiger partial charge in [-0.25, -0.2) is 4.79 Å². The molecule has 1 aliphatic heterocycles. The number of benzene rings is 1. The highest BCUT2D eigenvalue weighted by Crippen LogP contribution is 2.18. The smallest absolute Gasteiger partial charge is 0.407 e. The minimum Gasteiger partial charge on any atom is -0.483 e. The maximum Gasteiger partial charge on any atom is 0.407 e. The van der Waals surface area contributed by atoms with Gasteiger partial charge in [-0.05, 0) is 30.9 Å². The van der Waals surface area contributed by atoms with Gasteiger partial charge in [0.2, 0.25) is 0 Å². The van der Waals surface area contributed by atoms with E-state index in [2.05, 4.69) is 12.2 Å². The second-order valence-corrected chi connectivity index (χ2v) is 6.25. The number of halogens is 1. The number of piperidine rings is 1. The second kappa shape index (κ2) is 10.1. The van der Waals surface area contributed by atoms with E-state index in [1.165, 1.54) is 0 Å². The summed E-state index contributed by atoms with van der Waals surface area (Å²) in [5.74, 6) is 1.01. The molecule has 1 saturated heterocycles. The zero-order valence-corrected chi connectivity index (χ0v) is 15.3. The fraction of sp³-hybridized carbons (Fsp3) is 0.556. The van der Waals surface area contributed by atoms with Crippen molar-refractivity contribution in [2.75, 3.05) is 32.2 Å². The summed E-state index contributed by atoms with van der Waals surface area (Å²) in [6.07, 6.45) is 1.81. The molecule has 0 radical (unpaired) electrons. The van der Waals surface area contributed by atoms with Crippen LogP contribution in [0.4, 0.5) is 4.79 Å². The van der Waals surface area contributed by atoms with Crippen LogP contribution in [-0.2, 0) is 16.0 Å². The molecule has 25 heavy (non-hydrogen) atoms. The molecule has 6 nitrogen and oxygen atoms in total. The Morgan fingerprint density at radius 3 is 2.68 bits per heavy atom. The monoisotopic (exact) mass is 368 g/mol. The first-order chi connectivity index (χ1) is 12.1. The van der Waals surface area contributed by atoms with Crippen molar-refractivity contribution >= 4 is 23.6 Å². The highest BCUT2D eigenvalue weighted by atomic mass is 35.5. The zero-order valence-electron chi connectivity index (χ0n) is 14.5. The van der Waals surface area contributed by atoms with E-state index in [1.54, 1.807) is 4.90 Å². The number of alkyl carbamates (subject to hydrolysis) is 1. The molecule has 1 aliphatic rings. The maximum atomic E-state index is 12.3. The van der Waals surface area contributed by atoms with E-state index in [9.17, 15) is 9.59 Å². The van der Waals surface area contributed by atoms with Crippen LogP contribution in [0.25, 0.3) is 0 Å². The lowest BCUT2D eigenvalue weighted by Crippen LogP contribution is -2.47. The Morgan fingerprint density at radius 1 is 1.28 bits per heavy atom. The first kappa shape index (κ1) is 19.4. The third kappa shape index (κ3) is 6.12. The average molecular weight is 369 g/mol. The lowest BCUT2D eigenvalue weighted by Gasteiger charge is -2.32. The molecule has 0 unspecified atom stereocenters. The molecule has 0 bridgehead atoms. The van der Waals surface area contributed by atoms with E-state index in [4.69, 9.17) is 21.1 Å². The molecular weight excluding hydrogens is 344 g/mol. The summed E-state index contributed by atoms with van der Waals surface area (Å²) in [4.78, 5) is 25.6. The van der Waals surface area contributed by atoms with Crippen molar-refractivity contribution < 1.29 is 19.1 Å². The lowest BCUT2D eigenvalue weighted by molar-refractivity contribution is -0.134. The van der Waals surface area contributed by atoms with E-state index < -0.39 is 6.09 Å². The summed E-state index contributed by atoms with van der Waals surface area (Å²) in [5, 5.41) is 2.80. The predicted octanol–water partition coefficient (Wildman–Crippen LogP) is 2.58. The SMILES string of the molecule is CCc1ccccc1OCC(=O)N1CCC(NC(=O)OCCCl)CC1. The number of hydrogen-bond donors (Lipinski definition) is 1. The number of alkyl halides is 1. The van der Waals surface area contributed by atoms with Gasteiger partial charge in [0.05, 0.1) is 5.88 Å². The number of hydrogen-bond acceptors (Lipinski definition) is 4. The highest BCUT2D eigenvalue weighted by Gasteiger charge is 2.24. The summed E-state index contributed by atoms with van der Waals surface area (Å²) in [6.45, 7) is 3.48. The van der Waals surface area contributed by atoms with Crippen molar-refractivity contribution in [2.24, 2.45) is 0 Å². The predicted molar refractivity (Wildman–Crippen MR) is 96.1 cm³/mol. The van der Waals surface area contributed by atoms with Gasteiger partial charge in [0.25, 0.3) is 5.91 Å². The van der Waals surface area contributed by atoms with E-state index in [-0.39, 0.29) is 31.0 Å². The molecule has 7 heteroatoms. The fourth-order valence-corrected chi connectivity index (χ4v) is 2.86. The highest BCUT2D eigenvalue weighted by molar-refractivity contribution is 6.18.